The first-order valence-electron chi connectivity index (χ1n) is 10.6. The summed E-state index contributed by atoms with van der Waals surface area (Å²) in [5.41, 5.74) is 7.74. The van der Waals surface area contributed by atoms with Crippen LogP contribution in [0, 0.1) is 6.92 Å². The molecule has 1 aliphatic carbocycles. The summed E-state index contributed by atoms with van der Waals surface area (Å²) in [5.74, 6) is 1.26. The summed E-state index contributed by atoms with van der Waals surface area (Å²) < 4.78 is 0. The van der Waals surface area contributed by atoms with Crippen LogP contribution in [0.15, 0.2) is 23.2 Å². The Morgan fingerprint density at radius 1 is 1.23 bits per heavy atom. The molecular formula is C22H34Cl2N6O. The molecule has 7 nitrogen and oxygen atoms in total. The normalized spacial score (nSPS) is 18.6. The minimum Gasteiger partial charge on any atom is -0.388 e. The van der Waals surface area contributed by atoms with Crippen LogP contribution in [0.5, 0.6) is 0 Å². The van der Waals surface area contributed by atoms with Gasteiger partial charge in [-0.15, -0.1) is 24.8 Å². The number of nitrogens with two attached hydrogens (primary N) is 1. The molecule has 9 heteroatoms. The molecule has 1 aromatic carbocycles. The number of fused-ring (bicyclic) bond motifs is 1. The number of aromatic nitrogens is 2. The number of amides is 1. The molecule has 0 radical (unpaired) electrons. The lowest BCUT2D eigenvalue weighted by Gasteiger charge is -2.30. The summed E-state index contributed by atoms with van der Waals surface area (Å²) in [7, 11) is 0. The smallest absolute Gasteiger partial charge is 0.289 e. The van der Waals surface area contributed by atoms with Crippen LogP contribution in [0.25, 0.3) is 10.9 Å². The first kappa shape index (κ1) is 26.9. The molecule has 0 saturated heterocycles. The maximum absolute atomic E-state index is 12.6. The minimum absolute atomic E-state index is 0. The highest BCUT2D eigenvalue weighted by molar-refractivity contribution is 5.96. The van der Waals surface area contributed by atoms with Gasteiger partial charge >= 0.3 is 0 Å². The van der Waals surface area contributed by atoms with Crippen LogP contribution in [0.1, 0.15) is 68.6 Å². The lowest BCUT2D eigenvalue weighted by molar-refractivity contribution is 0.0943. The lowest BCUT2D eigenvalue weighted by atomic mass is 9.90. The van der Waals surface area contributed by atoms with Gasteiger partial charge in [0.15, 0.2) is 0 Å². The molecular weight excluding hydrogens is 435 g/mol. The number of carbonyl (C=O) groups excluding carboxylic acids is 1. The summed E-state index contributed by atoms with van der Waals surface area (Å²) in [6.45, 7) is 6.59. The van der Waals surface area contributed by atoms with E-state index in [9.17, 15) is 4.79 Å². The fourth-order valence-electron chi connectivity index (χ4n) is 3.78. The van der Waals surface area contributed by atoms with E-state index in [4.69, 9.17) is 5.73 Å². The Labute approximate surface area is 196 Å². The van der Waals surface area contributed by atoms with Crippen molar-refractivity contribution in [2.75, 3.05) is 11.9 Å². The summed E-state index contributed by atoms with van der Waals surface area (Å²) in [6, 6.07) is 6.26. The van der Waals surface area contributed by atoms with E-state index in [0.717, 1.165) is 55.0 Å². The van der Waals surface area contributed by atoms with Crippen molar-refractivity contribution in [3.8, 4) is 0 Å². The molecule has 0 bridgehead atoms. The number of nitrogens with zero attached hydrogens (tertiary/aromatic N) is 3. The molecule has 1 aromatic heterocycles. The van der Waals surface area contributed by atoms with Crippen LogP contribution in [-0.4, -0.2) is 40.3 Å². The van der Waals surface area contributed by atoms with Gasteiger partial charge in [0.05, 0.1) is 17.4 Å². The van der Waals surface area contributed by atoms with E-state index in [1.165, 1.54) is 0 Å². The molecule has 4 N–H and O–H groups in total. The summed E-state index contributed by atoms with van der Waals surface area (Å²) in [6.07, 6.45) is 6.24. The fraction of sp³-hybridized carbons (Fsp3) is 0.545. The van der Waals surface area contributed by atoms with Crippen molar-refractivity contribution >= 4 is 53.3 Å². The Morgan fingerprint density at radius 2 is 1.97 bits per heavy atom. The zero-order valence-corrected chi connectivity index (χ0v) is 20.1. The topological polar surface area (TPSA) is 105 Å². The van der Waals surface area contributed by atoms with E-state index in [-0.39, 0.29) is 48.6 Å². The highest BCUT2D eigenvalue weighted by Gasteiger charge is 2.26. The van der Waals surface area contributed by atoms with Crippen molar-refractivity contribution < 1.29 is 4.79 Å². The Balaban J connectivity index is 0.00000240. The molecule has 1 fully saturated rings. The van der Waals surface area contributed by atoms with Gasteiger partial charge in [-0.3, -0.25) is 9.79 Å². The first-order valence-corrected chi connectivity index (χ1v) is 10.6. The van der Waals surface area contributed by atoms with E-state index in [1.807, 2.05) is 26.0 Å². The van der Waals surface area contributed by atoms with Gasteiger partial charge in [-0.2, -0.15) is 0 Å². The zero-order chi connectivity index (χ0) is 20.8. The SMILES string of the molecule is CCCCNC(=O)c1nc(N[C@H]2CCCC[C@H]2N=C(C)N)c2cc(C)ccc2n1.Cl.Cl. The second-order valence-corrected chi connectivity index (χ2v) is 7.90. The van der Waals surface area contributed by atoms with Crippen molar-refractivity contribution in [2.45, 2.75) is 71.4 Å². The maximum atomic E-state index is 12.6. The number of benzene rings is 1. The third-order valence-corrected chi connectivity index (χ3v) is 5.29. The van der Waals surface area contributed by atoms with Gasteiger partial charge in [-0.05, 0) is 45.2 Å². The zero-order valence-electron chi connectivity index (χ0n) is 18.5. The molecule has 1 heterocycles. The molecule has 2 atom stereocenters. The monoisotopic (exact) mass is 468 g/mol. The van der Waals surface area contributed by atoms with Gasteiger partial charge in [0, 0.05) is 18.0 Å². The number of rotatable bonds is 7. The molecule has 2 aromatic rings. The summed E-state index contributed by atoms with van der Waals surface area (Å²) in [4.78, 5) is 26.3. The van der Waals surface area contributed by atoms with Gasteiger partial charge in [0.25, 0.3) is 5.91 Å². The number of carbonyl (C=O) groups is 1. The highest BCUT2D eigenvalue weighted by Crippen LogP contribution is 2.28. The van der Waals surface area contributed by atoms with Crippen molar-refractivity contribution in [1.82, 2.24) is 15.3 Å². The lowest BCUT2D eigenvalue weighted by Crippen LogP contribution is -2.37. The van der Waals surface area contributed by atoms with Crippen molar-refractivity contribution in [3.63, 3.8) is 0 Å². The number of amidine groups is 1. The number of aliphatic imine (C=N–C) groups is 1. The third kappa shape index (κ3) is 7.21. The third-order valence-electron chi connectivity index (χ3n) is 5.29. The molecule has 1 amide bonds. The highest BCUT2D eigenvalue weighted by atomic mass is 35.5. The number of hydrogen-bond acceptors (Lipinski definition) is 5. The van der Waals surface area contributed by atoms with Crippen LogP contribution in [0.2, 0.25) is 0 Å². The van der Waals surface area contributed by atoms with E-state index in [0.29, 0.717) is 18.2 Å². The molecule has 31 heavy (non-hydrogen) atoms. The van der Waals surface area contributed by atoms with Crippen molar-refractivity contribution in [2.24, 2.45) is 10.7 Å². The molecule has 0 unspecified atom stereocenters. The van der Waals surface area contributed by atoms with Crippen LogP contribution >= 0.6 is 24.8 Å². The van der Waals surface area contributed by atoms with E-state index in [1.54, 1.807) is 0 Å². The van der Waals surface area contributed by atoms with E-state index in [2.05, 4.69) is 38.6 Å². The minimum atomic E-state index is -0.236. The Hall–Kier alpha value is -2.12. The number of nitrogens with one attached hydrogen (secondary N) is 2. The Morgan fingerprint density at radius 3 is 2.68 bits per heavy atom. The van der Waals surface area contributed by atoms with Crippen LogP contribution in [-0.2, 0) is 0 Å². The summed E-state index contributed by atoms with van der Waals surface area (Å²) >= 11 is 0. The van der Waals surface area contributed by atoms with Crippen LogP contribution in [0.3, 0.4) is 0 Å². The predicted octanol–water partition coefficient (Wildman–Crippen LogP) is 4.41. The quantitative estimate of drug-likeness (QED) is 0.317. The van der Waals surface area contributed by atoms with Gasteiger partial charge in [-0.25, -0.2) is 9.97 Å². The molecule has 1 aliphatic rings. The largest absolute Gasteiger partial charge is 0.388 e. The molecule has 3 rings (SSSR count). The molecule has 0 spiro atoms. The standard InChI is InChI=1S/C22H32N6O.2ClH/c1-4-5-12-24-22(29)21-26-17-11-10-14(2)13-16(17)20(28-21)27-19-9-7-6-8-18(19)25-15(3)23;;/h10-11,13,18-19H,4-9,12H2,1-3H3,(H2,23,25)(H,24,29)(H,26,27,28);2*1H/t18-,19+;;/m1../s1. The maximum Gasteiger partial charge on any atom is 0.289 e. The average Bonchev–Trinajstić information content (AvgIpc) is 2.69. The summed E-state index contributed by atoms with van der Waals surface area (Å²) in [5, 5.41) is 7.41. The second kappa shape index (κ2) is 12.7. The van der Waals surface area contributed by atoms with Gasteiger partial charge in [0.2, 0.25) is 5.82 Å². The number of unbranched alkanes of at least 4 members (excludes halogenated alkanes) is 1. The Kier molecular flexibility index (Phi) is 11.0. The van der Waals surface area contributed by atoms with Crippen LogP contribution < -0.4 is 16.4 Å². The number of hydrogen-bond donors (Lipinski definition) is 3. The predicted molar refractivity (Wildman–Crippen MR) is 133 cm³/mol. The average molecular weight is 469 g/mol. The van der Waals surface area contributed by atoms with Crippen LogP contribution in [0.4, 0.5) is 5.82 Å². The first-order chi connectivity index (χ1) is 14.0. The molecule has 1 saturated carbocycles. The molecule has 0 aliphatic heterocycles. The van der Waals surface area contributed by atoms with Gasteiger partial charge in [0.1, 0.15) is 5.82 Å². The van der Waals surface area contributed by atoms with E-state index >= 15 is 0 Å². The number of aryl methyl sites for hydroxylation is 1. The van der Waals surface area contributed by atoms with Crippen molar-refractivity contribution in [3.05, 3.63) is 29.6 Å². The second-order valence-electron chi connectivity index (χ2n) is 7.90. The van der Waals surface area contributed by atoms with Gasteiger partial charge in [-0.1, -0.05) is 37.8 Å². The molecule has 172 valence electrons. The van der Waals surface area contributed by atoms with Crippen molar-refractivity contribution in [1.29, 1.82) is 0 Å². The Bertz CT molecular complexity index is 901. The number of halogens is 2. The number of anilines is 1. The van der Waals surface area contributed by atoms with Gasteiger partial charge < -0.3 is 16.4 Å². The fourth-order valence-corrected chi connectivity index (χ4v) is 3.78. The van der Waals surface area contributed by atoms with E-state index < -0.39 is 0 Å².